The number of hydrogen-bond donors (Lipinski definition) is 1. The Hall–Kier alpha value is -0.0800. The molecule has 2 fully saturated rings. The summed E-state index contributed by atoms with van der Waals surface area (Å²) >= 11 is 0. The zero-order valence-corrected chi connectivity index (χ0v) is 10.9. The first-order chi connectivity index (χ1) is 7.86. The van der Waals surface area contributed by atoms with Crippen LogP contribution in [0.4, 0.5) is 0 Å². The predicted molar refractivity (Wildman–Crippen MR) is 69.7 cm³/mol. The molecule has 0 amide bonds. The van der Waals surface area contributed by atoms with Gasteiger partial charge in [0.2, 0.25) is 0 Å². The van der Waals surface area contributed by atoms with Crippen LogP contribution in [-0.4, -0.2) is 37.6 Å². The lowest BCUT2D eigenvalue weighted by Gasteiger charge is -2.21. The van der Waals surface area contributed by atoms with Crippen molar-refractivity contribution in [3.63, 3.8) is 0 Å². The van der Waals surface area contributed by atoms with Crippen LogP contribution in [0.3, 0.4) is 0 Å². The molecule has 2 heteroatoms. The van der Waals surface area contributed by atoms with Gasteiger partial charge in [-0.3, -0.25) is 0 Å². The highest BCUT2D eigenvalue weighted by molar-refractivity contribution is 4.78. The van der Waals surface area contributed by atoms with Crippen molar-refractivity contribution in [2.45, 2.75) is 57.4 Å². The number of likely N-dealkylation sites (N-methyl/N-ethyl adjacent to an activating group) is 1. The van der Waals surface area contributed by atoms with Gasteiger partial charge in [-0.05, 0) is 51.7 Å². The van der Waals surface area contributed by atoms with Gasteiger partial charge in [0, 0.05) is 12.6 Å². The SMILES string of the molecule is CN1CCCC1CNCC1CCCCCC1. The highest BCUT2D eigenvalue weighted by Gasteiger charge is 2.20. The molecule has 2 nitrogen and oxygen atoms in total. The smallest absolute Gasteiger partial charge is 0.0218 e. The Morgan fingerprint density at radius 3 is 2.31 bits per heavy atom. The van der Waals surface area contributed by atoms with Crippen LogP contribution in [0.15, 0.2) is 0 Å². The van der Waals surface area contributed by atoms with Gasteiger partial charge >= 0.3 is 0 Å². The summed E-state index contributed by atoms with van der Waals surface area (Å²) in [5.74, 6) is 0.967. The summed E-state index contributed by atoms with van der Waals surface area (Å²) in [6.45, 7) is 3.78. The molecular formula is C14H28N2. The van der Waals surface area contributed by atoms with Gasteiger partial charge < -0.3 is 10.2 Å². The number of nitrogens with zero attached hydrogens (tertiary/aromatic N) is 1. The summed E-state index contributed by atoms with van der Waals surface area (Å²) in [6.07, 6.45) is 11.6. The van der Waals surface area contributed by atoms with E-state index in [-0.39, 0.29) is 0 Å². The van der Waals surface area contributed by atoms with Crippen molar-refractivity contribution in [2.75, 3.05) is 26.7 Å². The topological polar surface area (TPSA) is 15.3 Å². The molecule has 2 aliphatic rings. The van der Waals surface area contributed by atoms with Crippen LogP contribution in [0.5, 0.6) is 0 Å². The third-order valence-corrected chi connectivity index (χ3v) is 4.46. The van der Waals surface area contributed by atoms with E-state index in [4.69, 9.17) is 0 Å². The highest BCUT2D eigenvalue weighted by Crippen LogP contribution is 2.22. The molecule has 1 unspecified atom stereocenters. The summed E-state index contributed by atoms with van der Waals surface area (Å²) in [6, 6.07) is 0.811. The van der Waals surface area contributed by atoms with E-state index in [1.165, 1.54) is 71.0 Å². The molecule has 0 aromatic carbocycles. The molecule has 1 atom stereocenters. The van der Waals surface area contributed by atoms with Gasteiger partial charge in [0.25, 0.3) is 0 Å². The van der Waals surface area contributed by atoms with Crippen LogP contribution in [0, 0.1) is 5.92 Å². The second-order valence-corrected chi connectivity index (χ2v) is 5.79. The molecule has 1 heterocycles. The minimum Gasteiger partial charge on any atom is -0.315 e. The molecule has 1 N–H and O–H groups in total. The number of rotatable bonds is 4. The maximum Gasteiger partial charge on any atom is 0.0218 e. The van der Waals surface area contributed by atoms with Crippen LogP contribution in [0.25, 0.3) is 0 Å². The van der Waals surface area contributed by atoms with Crippen molar-refractivity contribution in [3.8, 4) is 0 Å². The Labute approximate surface area is 101 Å². The third kappa shape index (κ3) is 3.74. The fourth-order valence-corrected chi connectivity index (χ4v) is 3.26. The third-order valence-electron chi connectivity index (χ3n) is 4.46. The lowest BCUT2D eigenvalue weighted by Crippen LogP contribution is -2.37. The van der Waals surface area contributed by atoms with Crippen LogP contribution in [-0.2, 0) is 0 Å². The van der Waals surface area contributed by atoms with Gasteiger partial charge in [-0.1, -0.05) is 25.7 Å². The van der Waals surface area contributed by atoms with Gasteiger partial charge in [-0.15, -0.1) is 0 Å². The summed E-state index contributed by atoms with van der Waals surface area (Å²) < 4.78 is 0. The van der Waals surface area contributed by atoms with E-state index >= 15 is 0 Å². The van der Waals surface area contributed by atoms with Gasteiger partial charge in [0.05, 0.1) is 0 Å². The van der Waals surface area contributed by atoms with Gasteiger partial charge in [0.1, 0.15) is 0 Å². The van der Waals surface area contributed by atoms with E-state index in [0.717, 1.165) is 12.0 Å². The largest absolute Gasteiger partial charge is 0.315 e. The minimum absolute atomic E-state index is 0.811. The molecule has 1 saturated carbocycles. The van der Waals surface area contributed by atoms with Gasteiger partial charge in [0.15, 0.2) is 0 Å². The Kier molecular flexibility index (Phi) is 5.11. The zero-order chi connectivity index (χ0) is 11.2. The summed E-state index contributed by atoms with van der Waals surface area (Å²) in [7, 11) is 2.27. The zero-order valence-electron chi connectivity index (χ0n) is 10.9. The van der Waals surface area contributed by atoms with E-state index < -0.39 is 0 Å². The first-order valence-electron chi connectivity index (χ1n) is 7.27. The quantitative estimate of drug-likeness (QED) is 0.739. The molecule has 94 valence electrons. The molecule has 0 aromatic rings. The van der Waals surface area contributed by atoms with Crippen molar-refractivity contribution in [3.05, 3.63) is 0 Å². The maximum absolute atomic E-state index is 3.71. The number of hydrogen-bond acceptors (Lipinski definition) is 2. The average Bonchev–Trinajstić information content (AvgIpc) is 2.55. The van der Waals surface area contributed by atoms with Gasteiger partial charge in [-0.2, -0.15) is 0 Å². The Morgan fingerprint density at radius 1 is 0.938 bits per heavy atom. The lowest BCUT2D eigenvalue weighted by molar-refractivity contribution is 0.292. The highest BCUT2D eigenvalue weighted by atomic mass is 15.2. The maximum atomic E-state index is 3.71. The van der Waals surface area contributed by atoms with E-state index in [1.54, 1.807) is 0 Å². The van der Waals surface area contributed by atoms with Crippen molar-refractivity contribution < 1.29 is 0 Å². The molecule has 16 heavy (non-hydrogen) atoms. The lowest BCUT2D eigenvalue weighted by atomic mass is 10.0. The summed E-state index contributed by atoms with van der Waals surface area (Å²) in [5, 5.41) is 3.71. The first kappa shape index (κ1) is 12.4. The second kappa shape index (κ2) is 6.61. The molecule has 1 aliphatic carbocycles. The Balaban J connectivity index is 1.59. The van der Waals surface area contributed by atoms with Crippen molar-refractivity contribution in [1.29, 1.82) is 0 Å². The normalized spacial score (nSPS) is 29.4. The Morgan fingerprint density at radius 2 is 1.69 bits per heavy atom. The molecule has 1 saturated heterocycles. The molecule has 0 aromatic heterocycles. The molecule has 0 spiro atoms. The van der Waals surface area contributed by atoms with E-state index in [0.29, 0.717) is 0 Å². The van der Waals surface area contributed by atoms with E-state index in [1.807, 2.05) is 0 Å². The first-order valence-corrected chi connectivity index (χ1v) is 7.27. The van der Waals surface area contributed by atoms with E-state index in [2.05, 4.69) is 17.3 Å². The molecule has 0 radical (unpaired) electrons. The van der Waals surface area contributed by atoms with E-state index in [9.17, 15) is 0 Å². The monoisotopic (exact) mass is 224 g/mol. The minimum atomic E-state index is 0.811. The van der Waals surface area contributed by atoms with Crippen molar-refractivity contribution in [1.82, 2.24) is 10.2 Å². The number of likely N-dealkylation sites (tertiary alicyclic amines) is 1. The van der Waals surface area contributed by atoms with Gasteiger partial charge in [-0.25, -0.2) is 0 Å². The Bertz CT molecular complexity index is 185. The fraction of sp³-hybridized carbons (Fsp3) is 1.00. The molecule has 2 rings (SSSR count). The second-order valence-electron chi connectivity index (χ2n) is 5.79. The van der Waals surface area contributed by atoms with Crippen molar-refractivity contribution in [2.24, 2.45) is 5.92 Å². The van der Waals surface area contributed by atoms with Crippen LogP contribution >= 0.6 is 0 Å². The van der Waals surface area contributed by atoms with Crippen molar-refractivity contribution >= 4 is 0 Å². The average molecular weight is 224 g/mol. The molecular weight excluding hydrogens is 196 g/mol. The predicted octanol–water partition coefficient (Wildman–Crippen LogP) is 2.64. The molecule has 0 bridgehead atoms. The summed E-state index contributed by atoms with van der Waals surface area (Å²) in [4.78, 5) is 2.51. The number of nitrogens with one attached hydrogen (secondary N) is 1. The van der Waals surface area contributed by atoms with Crippen LogP contribution in [0.1, 0.15) is 51.4 Å². The standard InChI is InChI=1S/C14H28N2/c1-16-10-6-9-14(16)12-15-11-13-7-4-2-3-5-8-13/h13-15H,2-12H2,1H3. The van der Waals surface area contributed by atoms with Crippen LogP contribution in [0.2, 0.25) is 0 Å². The summed E-state index contributed by atoms with van der Waals surface area (Å²) in [5.41, 5.74) is 0. The fourth-order valence-electron chi connectivity index (χ4n) is 3.26. The molecule has 1 aliphatic heterocycles. The van der Waals surface area contributed by atoms with Crippen LogP contribution < -0.4 is 5.32 Å².